The fourth-order valence-corrected chi connectivity index (χ4v) is 4.65. The van der Waals surface area contributed by atoms with Crippen LogP contribution in [0.3, 0.4) is 0 Å². The highest BCUT2D eigenvalue weighted by Gasteiger charge is 2.26. The van der Waals surface area contributed by atoms with Gasteiger partial charge in [-0.05, 0) is 48.4 Å². The van der Waals surface area contributed by atoms with Crippen LogP contribution in [0.2, 0.25) is 0 Å². The van der Waals surface area contributed by atoms with Crippen molar-refractivity contribution >= 4 is 38.9 Å². The van der Waals surface area contributed by atoms with Crippen molar-refractivity contribution in [2.75, 3.05) is 22.5 Å². The van der Waals surface area contributed by atoms with Gasteiger partial charge in [-0.1, -0.05) is 18.2 Å². The first kappa shape index (κ1) is 22.3. The highest BCUT2D eigenvalue weighted by Crippen LogP contribution is 2.30. The van der Waals surface area contributed by atoms with Gasteiger partial charge in [0, 0.05) is 23.9 Å². The molecule has 1 aliphatic heterocycles. The van der Waals surface area contributed by atoms with Crippen molar-refractivity contribution < 1.29 is 27.1 Å². The van der Waals surface area contributed by atoms with Gasteiger partial charge in [-0.15, -0.1) is 0 Å². The van der Waals surface area contributed by atoms with Crippen molar-refractivity contribution in [1.82, 2.24) is 0 Å². The number of aryl methyl sites for hydroxylation is 1. The van der Waals surface area contributed by atoms with E-state index >= 15 is 0 Å². The Hall–Kier alpha value is -3.92. The number of hydrogen-bond acceptors (Lipinski definition) is 5. The first-order valence-corrected chi connectivity index (χ1v) is 11.4. The van der Waals surface area contributed by atoms with E-state index in [1.54, 1.807) is 36.4 Å². The number of methoxy groups -OCH3 is 1. The Kier molecular flexibility index (Phi) is 6.01. The number of amides is 2. The highest BCUT2D eigenvalue weighted by atomic mass is 32.2. The molecule has 33 heavy (non-hydrogen) atoms. The number of para-hydroxylation sites is 1. The number of sulfonamides is 1. The van der Waals surface area contributed by atoms with Crippen LogP contribution in [0, 0.1) is 5.82 Å². The second-order valence-electron chi connectivity index (χ2n) is 7.33. The molecule has 0 saturated carbocycles. The number of rotatable bonds is 6. The SMILES string of the molecule is COc1cccc(NC(=O)c2ccccc2NS(=O)(=O)c2cc3c(cc2F)NC(=O)CC3)c1. The number of halogens is 1. The van der Waals surface area contributed by atoms with Crippen molar-refractivity contribution in [3.8, 4) is 5.75 Å². The summed E-state index contributed by atoms with van der Waals surface area (Å²) < 4.78 is 48.1. The normalized spacial score (nSPS) is 13.0. The van der Waals surface area contributed by atoms with Crippen LogP contribution in [0.1, 0.15) is 22.3 Å². The summed E-state index contributed by atoms with van der Waals surface area (Å²) in [7, 11) is -2.87. The van der Waals surface area contributed by atoms with Gasteiger partial charge in [0.1, 0.15) is 16.5 Å². The summed E-state index contributed by atoms with van der Waals surface area (Å²) in [5.41, 5.74) is 1.26. The number of carbonyl (C=O) groups is 2. The lowest BCUT2D eigenvalue weighted by Crippen LogP contribution is -2.22. The van der Waals surface area contributed by atoms with Crippen molar-refractivity contribution in [2.45, 2.75) is 17.7 Å². The molecule has 0 aliphatic carbocycles. The molecule has 2 amide bonds. The summed E-state index contributed by atoms with van der Waals surface area (Å²) in [6.45, 7) is 0. The van der Waals surface area contributed by atoms with E-state index in [1.807, 2.05) is 0 Å². The second kappa shape index (κ2) is 8.91. The molecule has 0 radical (unpaired) electrons. The summed E-state index contributed by atoms with van der Waals surface area (Å²) in [5, 5.41) is 5.22. The summed E-state index contributed by atoms with van der Waals surface area (Å²) in [6.07, 6.45) is 0.475. The van der Waals surface area contributed by atoms with Gasteiger partial charge >= 0.3 is 0 Å². The third-order valence-corrected chi connectivity index (χ3v) is 6.47. The molecule has 4 rings (SSSR count). The van der Waals surface area contributed by atoms with E-state index in [4.69, 9.17) is 4.74 Å². The quantitative estimate of drug-likeness (QED) is 0.509. The van der Waals surface area contributed by atoms with Crippen LogP contribution in [-0.4, -0.2) is 27.3 Å². The topological polar surface area (TPSA) is 114 Å². The van der Waals surface area contributed by atoms with Crippen molar-refractivity contribution in [2.24, 2.45) is 0 Å². The molecule has 0 aromatic heterocycles. The maximum atomic E-state index is 14.7. The van der Waals surface area contributed by atoms with Crippen LogP contribution in [0.25, 0.3) is 0 Å². The van der Waals surface area contributed by atoms with Gasteiger partial charge in [-0.25, -0.2) is 12.8 Å². The standard InChI is InChI=1S/C23H20FN3O5S/c1-32-16-6-4-5-15(12-16)25-23(29)17-7-2-3-8-19(17)27-33(30,31)21-11-14-9-10-22(28)26-20(14)13-18(21)24/h2-8,11-13,27H,9-10H2,1H3,(H,25,29)(H,26,28). The Balaban J connectivity index is 1.62. The van der Waals surface area contributed by atoms with Gasteiger partial charge < -0.3 is 15.4 Å². The van der Waals surface area contributed by atoms with Crippen molar-refractivity contribution in [3.63, 3.8) is 0 Å². The maximum Gasteiger partial charge on any atom is 0.264 e. The van der Waals surface area contributed by atoms with Gasteiger partial charge in [-0.2, -0.15) is 0 Å². The predicted molar refractivity (Wildman–Crippen MR) is 122 cm³/mol. The minimum Gasteiger partial charge on any atom is -0.497 e. The van der Waals surface area contributed by atoms with Gasteiger partial charge in [0.05, 0.1) is 18.4 Å². The molecule has 0 fully saturated rings. The lowest BCUT2D eigenvalue weighted by Gasteiger charge is -2.19. The minimum absolute atomic E-state index is 0.0108. The molecule has 0 unspecified atom stereocenters. The number of ether oxygens (including phenoxy) is 1. The second-order valence-corrected chi connectivity index (χ2v) is 8.98. The van der Waals surface area contributed by atoms with E-state index in [-0.39, 0.29) is 29.3 Å². The molecule has 1 heterocycles. The number of carbonyl (C=O) groups excluding carboxylic acids is 2. The predicted octanol–water partition coefficient (Wildman–Crippen LogP) is 3.77. The van der Waals surface area contributed by atoms with Crippen molar-refractivity contribution in [3.05, 3.63) is 77.6 Å². The van der Waals surface area contributed by atoms with E-state index in [0.29, 0.717) is 23.4 Å². The number of fused-ring (bicyclic) bond motifs is 1. The first-order chi connectivity index (χ1) is 15.8. The van der Waals surface area contributed by atoms with Crippen LogP contribution in [0.15, 0.2) is 65.6 Å². The molecule has 0 spiro atoms. The third kappa shape index (κ3) is 4.80. The summed E-state index contributed by atoms with van der Waals surface area (Å²) in [6, 6.07) is 14.9. The van der Waals surface area contributed by atoms with E-state index < -0.39 is 26.6 Å². The summed E-state index contributed by atoms with van der Waals surface area (Å²) >= 11 is 0. The lowest BCUT2D eigenvalue weighted by atomic mass is 10.0. The Morgan fingerprint density at radius 1 is 1.06 bits per heavy atom. The molecular formula is C23H20FN3O5S. The molecule has 0 saturated heterocycles. The lowest BCUT2D eigenvalue weighted by molar-refractivity contribution is -0.116. The molecule has 3 aromatic rings. The zero-order valence-electron chi connectivity index (χ0n) is 17.5. The average molecular weight is 469 g/mol. The Morgan fingerprint density at radius 2 is 1.85 bits per heavy atom. The fourth-order valence-electron chi connectivity index (χ4n) is 3.45. The van der Waals surface area contributed by atoms with Gasteiger partial charge in [0.25, 0.3) is 15.9 Å². The summed E-state index contributed by atoms with van der Waals surface area (Å²) in [4.78, 5) is 23.8. The van der Waals surface area contributed by atoms with E-state index in [1.165, 1.54) is 25.3 Å². The number of hydrogen-bond donors (Lipinski definition) is 3. The molecule has 8 nitrogen and oxygen atoms in total. The monoisotopic (exact) mass is 469 g/mol. The van der Waals surface area contributed by atoms with Crippen LogP contribution in [0.4, 0.5) is 21.5 Å². The number of nitrogens with one attached hydrogen (secondary N) is 3. The Bertz CT molecular complexity index is 1360. The van der Waals surface area contributed by atoms with Crippen LogP contribution < -0.4 is 20.1 Å². The van der Waals surface area contributed by atoms with Crippen LogP contribution in [-0.2, 0) is 21.2 Å². The number of anilines is 3. The first-order valence-electron chi connectivity index (χ1n) is 9.96. The molecule has 3 N–H and O–H groups in total. The molecule has 10 heteroatoms. The zero-order chi connectivity index (χ0) is 23.6. The van der Waals surface area contributed by atoms with Crippen molar-refractivity contribution in [1.29, 1.82) is 0 Å². The largest absolute Gasteiger partial charge is 0.497 e. The highest BCUT2D eigenvalue weighted by molar-refractivity contribution is 7.92. The van der Waals surface area contributed by atoms with Gasteiger partial charge in [-0.3, -0.25) is 14.3 Å². The van der Waals surface area contributed by atoms with Crippen LogP contribution >= 0.6 is 0 Å². The van der Waals surface area contributed by atoms with E-state index in [9.17, 15) is 22.4 Å². The maximum absolute atomic E-state index is 14.7. The molecular weight excluding hydrogens is 449 g/mol. The Labute approximate surface area is 189 Å². The average Bonchev–Trinajstić information content (AvgIpc) is 2.78. The molecule has 0 atom stereocenters. The molecule has 1 aliphatic rings. The molecule has 170 valence electrons. The summed E-state index contributed by atoms with van der Waals surface area (Å²) in [5.74, 6) is -1.29. The smallest absolute Gasteiger partial charge is 0.264 e. The molecule has 3 aromatic carbocycles. The Morgan fingerprint density at radius 3 is 2.64 bits per heavy atom. The van der Waals surface area contributed by atoms with E-state index in [2.05, 4.69) is 15.4 Å². The third-order valence-electron chi connectivity index (χ3n) is 5.09. The van der Waals surface area contributed by atoms with Gasteiger partial charge in [0.15, 0.2) is 0 Å². The number of benzene rings is 3. The van der Waals surface area contributed by atoms with Gasteiger partial charge in [0.2, 0.25) is 5.91 Å². The fraction of sp³-hybridized carbons (Fsp3) is 0.130. The molecule has 0 bridgehead atoms. The van der Waals surface area contributed by atoms with Crippen LogP contribution in [0.5, 0.6) is 5.75 Å². The van der Waals surface area contributed by atoms with E-state index in [0.717, 1.165) is 6.07 Å². The zero-order valence-corrected chi connectivity index (χ0v) is 18.3. The minimum atomic E-state index is -4.37.